The maximum atomic E-state index is 2.00. The lowest BCUT2D eigenvalue weighted by Crippen LogP contribution is -1.47. The molecule has 0 aliphatic heterocycles. The second kappa shape index (κ2) is 29.2. The van der Waals surface area contributed by atoms with Crippen LogP contribution in [-0.2, 0) is 0 Å². The number of rotatable bonds is 0. The van der Waals surface area contributed by atoms with Gasteiger partial charge in [0.2, 0.25) is 0 Å². The average Bonchev–Trinajstić information content (AvgIpc) is 1.72. The van der Waals surface area contributed by atoms with Crippen LogP contribution < -0.4 is 0 Å². The van der Waals surface area contributed by atoms with Gasteiger partial charge in [-0.05, 0) is 0 Å². The lowest BCUT2D eigenvalue weighted by molar-refractivity contribution is 1.72. The third-order valence-electron chi connectivity index (χ3n) is 0.667. The summed E-state index contributed by atoms with van der Waals surface area (Å²) < 4.78 is 0. The minimum atomic E-state index is 0. The Kier molecular flexibility index (Phi) is 89.8. The standard InChI is InChI=1S/C6H6.6BrH/c1-2-4-6-5-3-1;;;;;;/h1-6H;6*1H. The number of benzene rings is 1. The lowest BCUT2D eigenvalue weighted by Gasteiger charge is -1.69. The number of hydrogen-bond donors (Lipinski definition) is 0. The van der Waals surface area contributed by atoms with Crippen LogP contribution in [0.3, 0.4) is 0 Å². The first kappa shape index (κ1) is 36.9. The Morgan fingerprint density at radius 1 is 0.250 bits per heavy atom. The van der Waals surface area contributed by atoms with Crippen LogP contribution >= 0.6 is 102 Å². The lowest BCUT2D eigenvalue weighted by atomic mass is 10.4. The third kappa shape index (κ3) is 22.7. The second-order valence-electron chi connectivity index (χ2n) is 1.15. The summed E-state index contributed by atoms with van der Waals surface area (Å²) in [6.45, 7) is 0. The van der Waals surface area contributed by atoms with Crippen molar-refractivity contribution in [3.63, 3.8) is 0 Å². The van der Waals surface area contributed by atoms with Crippen molar-refractivity contribution in [3.8, 4) is 0 Å². The highest BCUT2D eigenvalue weighted by molar-refractivity contribution is 8.93. The van der Waals surface area contributed by atoms with Crippen LogP contribution in [0.1, 0.15) is 0 Å². The van der Waals surface area contributed by atoms with E-state index in [1.165, 1.54) is 0 Å². The highest BCUT2D eigenvalue weighted by atomic mass is 79.9. The molecule has 0 atom stereocenters. The largest absolute Gasteiger partial charge is 0.114 e. The molecule has 0 aliphatic rings. The monoisotopic (exact) mass is 558 g/mol. The summed E-state index contributed by atoms with van der Waals surface area (Å²) in [5.41, 5.74) is 0. The molecule has 1 aromatic rings. The predicted molar refractivity (Wildman–Crippen MR) is 88.4 cm³/mol. The smallest absolute Gasteiger partial charge is 0.0623 e. The van der Waals surface area contributed by atoms with Crippen molar-refractivity contribution < 1.29 is 0 Å². The molecule has 0 bridgehead atoms. The van der Waals surface area contributed by atoms with Gasteiger partial charge in [-0.15, -0.1) is 102 Å². The molecular formula is C6H12Br6. The van der Waals surface area contributed by atoms with E-state index >= 15 is 0 Å². The molecule has 1 aromatic carbocycles. The van der Waals surface area contributed by atoms with Crippen molar-refractivity contribution in [2.45, 2.75) is 0 Å². The normalized spacial score (nSPS) is 4.00. The Morgan fingerprint density at radius 2 is 0.333 bits per heavy atom. The van der Waals surface area contributed by atoms with E-state index in [1.807, 2.05) is 36.4 Å². The molecule has 0 heterocycles. The Hall–Kier alpha value is 2.10. The molecule has 78 valence electrons. The van der Waals surface area contributed by atoms with Crippen molar-refractivity contribution in [1.82, 2.24) is 0 Å². The predicted octanol–water partition coefficient (Wildman–Crippen LogP) is 5.15. The molecule has 0 spiro atoms. The van der Waals surface area contributed by atoms with Crippen molar-refractivity contribution in [2.75, 3.05) is 0 Å². The zero-order valence-electron chi connectivity index (χ0n) is 5.91. The molecule has 0 amide bonds. The quantitative estimate of drug-likeness (QED) is 0.410. The van der Waals surface area contributed by atoms with Gasteiger partial charge in [0, 0.05) is 0 Å². The van der Waals surface area contributed by atoms with Crippen LogP contribution in [-0.4, -0.2) is 0 Å². The molecule has 0 aliphatic carbocycles. The minimum absolute atomic E-state index is 0. The molecule has 0 saturated heterocycles. The van der Waals surface area contributed by atoms with Gasteiger partial charge in [0.1, 0.15) is 0 Å². The number of halogens is 6. The van der Waals surface area contributed by atoms with Crippen LogP contribution in [0.15, 0.2) is 36.4 Å². The van der Waals surface area contributed by atoms with Gasteiger partial charge < -0.3 is 0 Å². The first-order chi connectivity index (χ1) is 3.00. The molecule has 0 nitrogen and oxygen atoms in total. The van der Waals surface area contributed by atoms with E-state index < -0.39 is 0 Å². The summed E-state index contributed by atoms with van der Waals surface area (Å²) in [6, 6.07) is 12.0. The topological polar surface area (TPSA) is 0 Å². The zero-order chi connectivity index (χ0) is 4.24. The first-order valence-electron chi connectivity index (χ1n) is 2.00. The Labute approximate surface area is 137 Å². The zero-order valence-corrected chi connectivity index (χ0v) is 16.2. The van der Waals surface area contributed by atoms with E-state index in [1.54, 1.807) is 0 Å². The molecule has 0 N–H and O–H groups in total. The Bertz CT molecular complexity index is 84.0. The van der Waals surface area contributed by atoms with Crippen molar-refractivity contribution in [1.29, 1.82) is 0 Å². The van der Waals surface area contributed by atoms with Gasteiger partial charge >= 0.3 is 0 Å². The summed E-state index contributed by atoms with van der Waals surface area (Å²) in [4.78, 5) is 0. The molecule has 0 saturated carbocycles. The molecule has 6 heteroatoms. The summed E-state index contributed by atoms with van der Waals surface area (Å²) in [5, 5.41) is 0. The van der Waals surface area contributed by atoms with Crippen molar-refractivity contribution >= 4 is 102 Å². The van der Waals surface area contributed by atoms with E-state index in [-0.39, 0.29) is 102 Å². The Balaban J connectivity index is -0.0000000150. The third-order valence-corrected chi connectivity index (χ3v) is 0.667. The van der Waals surface area contributed by atoms with Gasteiger partial charge in [-0.2, -0.15) is 0 Å². The maximum absolute atomic E-state index is 2.00. The average molecular weight is 564 g/mol. The van der Waals surface area contributed by atoms with Crippen molar-refractivity contribution in [2.24, 2.45) is 0 Å². The number of hydrogen-bond acceptors (Lipinski definition) is 0. The molecule has 12 heavy (non-hydrogen) atoms. The fourth-order valence-electron chi connectivity index (χ4n) is 0.385. The molecule has 0 fully saturated rings. The van der Waals surface area contributed by atoms with Gasteiger partial charge in [-0.3, -0.25) is 0 Å². The first-order valence-corrected chi connectivity index (χ1v) is 2.00. The van der Waals surface area contributed by atoms with E-state index in [2.05, 4.69) is 0 Å². The van der Waals surface area contributed by atoms with Gasteiger partial charge in [-0.1, -0.05) is 36.4 Å². The van der Waals surface area contributed by atoms with Crippen LogP contribution in [0.25, 0.3) is 0 Å². The van der Waals surface area contributed by atoms with E-state index in [9.17, 15) is 0 Å². The van der Waals surface area contributed by atoms with Gasteiger partial charge in [0.05, 0.1) is 0 Å². The van der Waals surface area contributed by atoms with Crippen LogP contribution in [0.4, 0.5) is 0 Å². The Morgan fingerprint density at radius 3 is 0.417 bits per heavy atom. The van der Waals surface area contributed by atoms with E-state index in [0.29, 0.717) is 0 Å². The summed E-state index contributed by atoms with van der Waals surface area (Å²) in [6.07, 6.45) is 0. The SMILES string of the molecule is Br.Br.Br.Br.Br.Br.c1ccccc1. The van der Waals surface area contributed by atoms with Crippen molar-refractivity contribution in [3.05, 3.63) is 36.4 Å². The molecule has 0 radical (unpaired) electrons. The highest BCUT2D eigenvalue weighted by Crippen LogP contribution is 1.79. The van der Waals surface area contributed by atoms with Gasteiger partial charge in [0.25, 0.3) is 0 Å². The van der Waals surface area contributed by atoms with Crippen LogP contribution in [0.2, 0.25) is 0 Å². The second-order valence-corrected chi connectivity index (χ2v) is 1.15. The summed E-state index contributed by atoms with van der Waals surface area (Å²) in [5.74, 6) is 0. The van der Waals surface area contributed by atoms with E-state index in [4.69, 9.17) is 0 Å². The van der Waals surface area contributed by atoms with Gasteiger partial charge in [0.15, 0.2) is 0 Å². The van der Waals surface area contributed by atoms with E-state index in [0.717, 1.165) is 0 Å². The molecule has 0 aromatic heterocycles. The van der Waals surface area contributed by atoms with Gasteiger partial charge in [-0.25, -0.2) is 0 Å². The highest BCUT2D eigenvalue weighted by Gasteiger charge is 1.57. The fourth-order valence-corrected chi connectivity index (χ4v) is 0.385. The fraction of sp³-hybridized carbons (Fsp3) is 0. The minimum Gasteiger partial charge on any atom is -0.114 e. The molecular weight excluding hydrogens is 551 g/mol. The molecule has 1 rings (SSSR count). The maximum Gasteiger partial charge on any atom is -0.0623 e. The summed E-state index contributed by atoms with van der Waals surface area (Å²) in [7, 11) is 0. The van der Waals surface area contributed by atoms with Crippen LogP contribution in [0, 0.1) is 0 Å². The summed E-state index contributed by atoms with van der Waals surface area (Å²) >= 11 is 0. The molecule has 0 unspecified atom stereocenters. The van der Waals surface area contributed by atoms with Crippen LogP contribution in [0.5, 0.6) is 0 Å².